The van der Waals surface area contributed by atoms with E-state index in [1.54, 1.807) is 19.8 Å². The van der Waals surface area contributed by atoms with Crippen LogP contribution in [0.1, 0.15) is 0 Å². The van der Waals surface area contributed by atoms with E-state index in [4.69, 9.17) is 4.74 Å². The Labute approximate surface area is 140 Å². The summed E-state index contributed by atoms with van der Waals surface area (Å²) in [6.07, 6.45) is 3.18. The van der Waals surface area contributed by atoms with Gasteiger partial charge in [-0.25, -0.2) is 19.9 Å². The summed E-state index contributed by atoms with van der Waals surface area (Å²) in [5, 5.41) is 1.09. The summed E-state index contributed by atoms with van der Waals surface area (Å²) in [7, 11) is 1.62. The molecule has 0 radical (unpaired) electrons. The molecule has 0 saturated carbocycles. The molecule has 1 aromatic carbocycles. The molecule has 0 atom stereocenters. The van der Waals surface area contributed by atoms with Gasteiger partial charge in [0, 0.05) is 37.6 Å². The number of ether oxygens (including phenoxy) is 1. The highest BCUT2D eigenvalue weighted by Gasteiger charge is 2.21. The van der Waals surface area contributed by atoms with Crippen molar-refractivity contribution in [2.45, 2.75) is 0 Å². The smallest absolute Gasteiger partial charge is 0.218 e. The molecule has 122 valence electrons. The van der Waals surface area contributed by atoms with Gasteiger partial charge < -0.3 is 14.5 Å². The number of benzene rings is 1. The van der Waals surface area contributed by atoms with Crippen LogP contribution in [0, 0.1) is 0 Å². The number of hydrogen-bond acceptors (Lipinski definition) is 7. The number of anilines is 2. The molecule has 0 N–H and O–H groups in total. The Bertz CT molecular complexity index is 842. The van der Waals surface area contributed by atoms with Gasteiger partial charge in [0.15, 0.2) is 0 Å². The van der Waals surface area contributed by atoms with Gasteiger partial charge in [-0.3, -0.25) is 0 Å². The molecule has 2 aromatic heterocycles. The molecular weight excluding hydrogens is 304 g/mol. The minimum atomic E-state index is 0.587. The fourth-order valence-electron chi connectivity index (χ4n) is 3.00. The SMILES string of the molecule is COc1cc(N2CCN(c3ncnc4ccccc34)CC2)ncn1. The van der Waals surface area contributed by atoms with Crippen LogP contribution in [0.3, 0.4) is 0 Å². The van der Waals surface area contributed by atoms with E-state index >= 15 is 0 Å². The van der Waals surface area contributed by atoms with Crippen LogP contribution in [0.4, 0.5) is 11.6 Å². The number of para-hydroxylation sites is 1. The third-order valence-electron chi connectivity index (χ3n) is 4.26. The first-order valence-corrected chi connectivity index (χ1v) is 7.91. The Morgan fingerprint density at radius 3 is 2.46 bits per heavy atom. The minimum Gasteiger partial charge on any atom is -0.481 e. The third-order valence-corrected chi connectivity index (χ3v) is 4.26. The van der Waals surface area contributed by atoms with E-state index in [2.05, 4.69) is 35.8 Å². The fraction of sp³-hybridized carbons (Fsp3) is 0.294. The Kier molecular flexibility index (Phi) is 3.82. The first-order valence-electron chi connectivity index (χ1n) is 7.91. The monoisotopic (exact) mass is 322 g/mol. The zero-order valence-electron chi connectivity index (χ0n) is 13.5. The van der Waals surface area contributed by atoms with E-state index in [0.717, 1.165) is 48.7 Å². The second kappa shape index (κ2) is 6.27. The molecule has 3 aromatic rings. The topological polar surface area (TPSA) is 67.3 Å². The molecule has 7 heteroatoms. The van der Waals surface area contributed by atoms with Crippen molar-refractivity contribution < 1.29 is 4.74 Å². The molecule has 0 aliphatic carbocycles. The molecule has 0 bridgehead atoms. The van der Waals surface area contributed by atoms with Gasteiger partial charge in [0.05, 0.1) is 12.6 Å². The van der Waals surface area contributed by atoms with Gasteiger partial charge >= 0.3 is 0 Å². The molecular formula is C17H18N6O. The van der Waals surface area contributed by atoms with E-state index < -0.39 is 0 Å². The van der Waals surface area contributed by atoms with Crippen molar-refractivity contribution >= 4 is 22.5 Å². The highest BCUT2D eigenvalue weighted by molar-refractivity contribution is 5.89. The van der Waals surface area contributed by atoms with Crippen LogP contribution < -0.4 is 14.5 Å². The summed E-state index contributed by atoms with van der Waals surface area (Å²) in [6, 6.07) is 9.99. The Morgan fingerprint density at radius 2 is 1.62 bits per heavy atom. The zero-order valence-corrected chi connectivity index (χ0v) is 13.5. The van der Waals surface area contributed by atoms with Gasteiger partial charge in [-0.1, -0.05) is 12.1 Å². The van der Waals surface area contributed by atoms with E-state index in [1.165, 1.54) is 0 Å². The van der Waals surface area contributed by atoms with Crippen LogP contribution in [0.5, 0.6) is 5.88 Å². The summed E-state index contributed by atoms with van der Waals surface area (Å²) < 4.78 is 5.18. The maximum Gasteiger partial charge on any atom is 0.218 e. The lowest BCUT2D eigenvalue weighted by Crippen LogP contribution is -2.47. The van der Waals surface area contributed by atoms with Crippen molar-refractivity contribution in [2.24, 2.45) is 0 Å². The normalized spacial score (nSPS) is 14.9. The van der Waals surface area contributed by atoms with E-state index in [0.29, 0.717) is 5.88 Å². The highest BCUT2D eigenvalue weighted by atomic mass is 16.5. The first-order chi connectivity index (χ1) is 11.8. The quantitative estimate of drug-likeness (QED) is 0.728. The summed E-state index contributed by atoms with van der Waals surface area (Å²) in [4.78, 5) is 21.8. The van der Waals surface area contributed by atoms with Gasteiger partial charge in [0.1, 0.15) is 24.3 Å². The summed E-state index contributed by atoms with van der Waals surface area (Å²) in [5.74, 6) is 2.48. The molecule has 1 fully saturated rings. The predicted molar refractivity (Wildman–Crippen MR) is 92.5 cm³/mol. The highest BCUT2D eigenvalue weighted by Crippen LogP contribution is 2.25. The number of rotatable bonds is 3. The Morgan fingerprint density at radius 1 is 0.875 bits per heavy atom. The van der Waals surface area contributed by atoms with Crippen LogP contribution in [-0.2, 0) is 0 Å². The fourth-order valence-corrected chi connectivity index (χ4v) is 3.00. The number of piperazine rings is 1. The van der Waals surface area contributed by atoms with E-state index in [-0.39, 0.29) is 0 Å². The zero-order chi connectivity index (χ0) is 16.4. The predicted octanol–water partition coefficient (Wildman–Crippen LogP) is 1.75. The Hall–Kier alpha value is -2.96. The van der Waals surface area contributed by atoms with Crippen LogP contribution in [-0.4, -0.2) is 53.2 Å². The average Bonchev–Trinajstić information content (AvgIpc) is 2.68. The average molecular weight is 322 g/mol. The molecule has 1 aliphatic rings. The molecule has 0 spiro atoms. The maximum absolute atomic E-state index is 5.18. The first kappa shape index (κ1) is 14.6. The van der Waals surface area contributed by atoms with Crippen molar-refractivity contribution in [2.75, 3.05) is 43.1 Å². The molecule has 0 unspecified atom stereocenters. The maximum atomic E-state index is 5.18. The van der Waals surface area contributed by atoms with Crippen molar-refractivity contribution in [1.82, 2.24) is 19.9 Å². The van der Waals surface area contributed by atoms with Crippen LogP contribution in [0.2, 0.25) is 0 Å². The van der Waals surface area contributed by atoms with Crippen LogP contribution >= 0.6 is 0 Å². The van der Waals surface area contributed by atoms with Crippen molar-refractivity contribution in [3.8, 4) is 5.88 Å². The summed E-state index contributed by atoms with van der Waals surface area (Å²) in [5.41, 5.74) is 0.977. The van der Waals surface area contributed by atoms with E-state index in [9.17, 15) is 0 Å². The van der Waals surface area contributed by atoms with Crippen molar-refractivity contribution in [1.29, 1.82) is 0 Å². The molecule has 4 rings (SSSR count). The molecule has 24 heavy (non-hydrogen) atoms. The van der Waals surface area contributed by atoms with E-state index in [1.807, 2.05) is 24.3 Å². The third kappa shape index (κ3) is 2.68. The molecule has 3 heterocycles. The Balaban J connectivity index is 1.53. The molecule has 0 amide bonds. The lowest BCUT2D eigenvalue weighted by Gasteiger charge is -2.36. The number of methoxy groups -OCH3 is 1. The molecule has 1 saturated heterocycles. The van der Waals surface area contributed by atoms with Crippen molar-refractivity contribution in [3.63, 3.8) is 0 Å². The van der Waals surface area contributed by atoms with Crippen molar-refractivity contribution in [3.05, 3.63) is 43.0 Å². The van der Waals surface area contributed by atoms with Crippen LogP contribution in [0.25, 0.3) is 10.9 Å². The number of fused-ring (bicyclic) bond motifs is 1. The minimum absolute atomic E-state index is 0.587. The van der Waals surface area contributed by atoms with Crippen LogP contribution in [0.15, 0.2) is 43.0 Å². The lowest BCUT2D eigenvalue weighted by molar-refractivity contribution is 0.396. The van der Waals surface area contributed by atoms with Gasteiger partial charge in [0.2, 0.25) is 5.88 Å². The van der Waals surface area contributed by atoms with Gasteiger partial charge in [-0.15, -0.1) is 0 Å². The second-order valence-electron chi connectivity index (χ2n) is 5.61. The number of hydrogen-bond donors (Lipinski definition) is 0. The number of aromatic nitrogens is 4. The van der Waals surface area contributed by atoms with Gasteiger partial charge in [-0.2, -0.15) is 0 Å². The van der Waals surface area contributed by atoms with Gasteiger partial charge in [0.25, 0.3) is 0 Å². The van der Waals surface area contributed by atoms with Gasteiger partial charge in [-0.05, 0) is 12.1 Å². The summed E-state index contributed by atoms with van der Waals surface area (Å²) in [6.45, 7) is 3.51. The second-order valence-corrected chi connectivity index (χ2v) is 5.61. The largest absolute Gasteiger partial charge is 0.481 e. The number of nitrogens with zero attached hydrogens (tertiary/aromatic N) is 6. The lowest BCUT2D eigenvalue weighted by atomic mass is 10.2. The summed E-state index contributed by atoms with van der Waals surface area (Å²) >= 11 is 0. The standard InChI is InChI=1S/C17H18N6O/c1-24-16-10-15(19-12-20-16)22-6-8-23(9-7-22)17-13-4-2-3-5-14(13)18-11-21-17/h2-5,10-12H,6-9H2,1H3. The molecule has 1 aliphatic heterocycles. The molecule has 7 nitrogen and oxygen atoms in total.